The zero-order valence-corrected chi connectivity index (χ0v) is 18.4. The van der Waals surface area contributed by atoms with Gasteiger partial charge in [-0.2, -0.15) is 0 Å². The van der Waals surface area contributed by atoms with Crippen molar-refractivity contribution < 1.29 is 23.8 Å². The first-order valence-electron chi connectivity index (χ1n) is 10.1. The number of carbonyl (C=O) groups excluding carboxylic acids is 2. The largest absolute Gasteiger partial charge is 0.496 e. The Kier molecular flexibility index (Phi) is 7.90. The maximum atomic E-state index is 13.0. The van der Waals surface area contributed by atoms with Gasteiger partial charge in [-0.15, -0.1) is 0 Å². The highest BCUT2D eigenvalue weighted by atomic mass is 16.6. The van der Waals surface area contributed by atoms with Gasteiger partial charge >= 0.3 is 6.09 Å². The first kappa shape index (κ1) is 23.0. The summed E-state index contributed by atoms with van der Waals surface area (Å²) in [4.78, 5) is 29.1. The maximum Gasteiger partial charge on any atom is 0.410 e. The van der Waals surface area contributed by atoms with E-state index in [1.165, 1.54) is 0 Å². The number of piperazine rings is 1. The van der Waals surface area contributed by atoms with E-state index in [9.17, 15) is 9.59 Å². The first-order valence-corrected chi connectivity index (χ1v) is 10.1. The predicted octanol–water partition coefficient (Wildman–Crippen LogP) is 3.63. The van der Waals surface area contributed by atoms with Crippen molar-refractivity contribution in [2.75, 3.05) is 33.9 Å². The lowest BCUT2D eigenvalue weighted by Crippen LogP contribution is -2.53. The Morgan fingerprint density at radius 3 is 2.48 bits per heavy atom. The van der Waals surface area contributed by atoms with E-state index in [1.54, 1.807) is 19.1 Å². The molecule has 2 amide bonds. The third-order valence-electron chi connectivity index (χ3n) is 5.02. The van der Waals surface area contributed by atoms with Crippen LogP contribution < -0.4 is 4.74 Å². The van der Waals surface area contributed by atoms with E-state index in [2.05, 4.69) is 0 Å². The molecule has 0 aliphatic carbocycles. The Hall–Kier alpha value is -2.28. The molecule has 1 heterocycles. The van der Waals surface area contributed by atoms with Gasteiger partial charge in [0.15, 0.2) is 0 Å². The zero-order valence-electron chi connectivity index (χ0n) is 18.4. The molecule has 1 aliphatic rings. The minimum absolute atomic E-state index is 0.0201. The van der Waals surface area contributed by atoms with Crippen molar-refractivity contribution in [1.29, 1.82) is 0 Å². The first-order chi connectivity index (χ1) is 13.7. The van der Waals surface area contributed by atoms with Gasteiger partial charge in [-0.05, 0) is 40.2 Å². The van der Waals surface area contributed by atoms with E-state index >= 15 is 0 Å². The monoisotopic (exact) mass is 406 g/mol. The molecule has 0 radical (unpaired) electrons. The zero-order chi connectivity index (χ0) is 21.6. The van der Waals surface area contributed by atoms with Crippen LogP contribution in [0, 0.1) is 0 Å². The smallest absolute Gasteiger partial charge is 0.410 e. The number of benzene rings is 1. The van der Waals surface area contributed by atoms with E-state index in [-0.39, 0.29) is 24.1 Å². The molecular weight excluding hydrogens is 372 g/mol. The number of methoxy groups -OCH3 is 2. The molecule has 2 rings (SSSR count). The molecule has 2 unspecified atom stereocenters. The van der Waals surface area contributed by atoms with Gasteiger partial charge in [0, 0.05) is 38.7 Å². The topological polar surface area (TPSA) is 68.3 Å². The Labute approximate surface area is 173 Å². The van der Waals surface area contributed by atoms with E-state index in [0.717, 1.165) is 5.56 Å². The summed E-state index contributed by atoms with van der Waals surface area (Å²) < 4.78 is 16.3. The van der Waals surface area contributed by atoms with Crippen LogP contribution in [0.15, 0.2) is 24.3 Å². The highest BCUT2D eigenvalue weighted by molar-refractivity contribution is 5.77. The molecule has 0 aromatic heterocycles. The number of para-hydroxylation sites is 1. The number of carbonyl (C=O) groups is 2. The number of hydrogen-bond donors (Lipinski definition) is 0. The van der Waals surface area contributed by atoms with Crippen molar-refractivity contribution in [1.82, 2.24) is 9.80 Å². The normalized spacial score (nSPS) is 18.3. The molecule has 1 aromatic carbocycles. The number of ether oxygens (including phenoxy) is 3. The van der Waals surface area contributed by atoms with Gasteiger partial charge in [-0.3, -0.25) is 4.79 Å². The fraction of sp³-hybridized carbons (Fsp3) is 0.636. The fourth-order valence-electron chi connectivity index (χ4n) is 3.37. The van der Waals surface area contributed by atoms with E-state index in [0.29, 0.717) is 38.2 Å². The standard InChI is InChI=1S/C22H34N2O5/c1-16(27-5)11-12-20(25)24-14-13-23(21(26)29-22(2,3)4)15-18(24)17-9-7-8-10-19(17)28-6/h7-10,16,18H,11-15H2,1-6H3. The van der Waals surface area contributed by atoms with Gasteiger partial charge in [0.2, 0.25) is 5.91 Å². The predicted molar refractivity (Wildman–Crippen MR) is 111 cm³/mol. The Balaban J connectivity index is 2.25. The van der Waals surface area contributed by atoms with Crippen LogP contribution >= 0.6 is 0 Å². The molecule has 0 saturated carbocycles. The molecule has 1 fully saturated rings. The van der Waals surface area contributed by atoms with Gasteiger partial charge in [-0.25, -0.2) is 4.79 Å². The van der Waals surface area contributed by atoms with Gasteiger partial charge in [-0.1, -0.05) is 18.2 Å². The molecular formula is C22H34N2O5. The average Bonchev–Trinajstić information content (AvgIpc) is 2.69. The second kappa shape index (κ2) is 9.96. The van der Waals surface area contributed by atoms with Crippen LogP contribution in [0.25, 0.3) is 0 Å². The van der Waals surface area contributed by atoms with Crippen LogP contribution in [-0.4, -0.2) is 67.4 Å². The minimum Gasteiger partial charge on any atom is -0.496 e. The van der Waals surface area contributed by atoms with Crippen LogP contribution in [0.4, 0.5) is 4.79 Å². The fourth-order valence-corrected chi connectivity index (χ4v) is 3.37. The van der Waals surface area contributed by atoms with Crippen molar-refractivity contribution in [2.45, 2.75) is 58.3 Å². The molecule has 1 saturated heterocycles. The molecule has 29 heavy (non-hydrogen) atoms. The number of hydrogen-bond acceptors (Lipinski definition) is 5. The Morgan fingerprint density at radius 2 is 1.86 bits per heavy atom. The Morgan fingerprint density at radius 1 is 1.17 bits per heavy atom. The van der Waals surface area contributed by atoms with E-state index in [4.69, 9.17) is 14.2 Å². The lowest BCUT2D eigenvalue weighted by Gasteiger charge is -2.42. The number of rotatable bonds is 6. The molecule has 0 N–H and O–H groups in total. The van der Waals surface area contributed by atoms with Crippen LogP contribution in [0.3, 0.4) is 0 Å². The Bertz CT molecular complexity index is 701. The number of nitrogens with zero attached hydrogens (tertiary/aromatic N) is 2. The van der Waals surface area contributed by atoms with Crippen molar-refractivity contribution in [3.63, 3.8) is 0 Å². The summed E-state index contributed by atoms with van der Waals surface area (Å²) in [6.07, 6.45) is 0.706. The second-order valence-electron chi connectivity index (χ2n) is 8.36. The summed E-state index contributed by atoms with van der Waals surface area (Å²) in [6.45, 7) is 8.73. The summed E-state index contributed by atoms with van der Waals surface area (Å²) >= 11 is 0. The second-order valence-corrected chi connectivity index (χ2v) is 8.36. The molecule has 1 aliphatic heterocycles. The average molecular weight is 407 g/mol. The molecule has 7 heteroatoms. The quantitative estimate of drug-likeness (QED) is 0.722. The van der Waals surface area contributed by atoms with Crippen LogP contribution in [-0.2, 0) is 14.3 Å². The van der Waals surface area contributed by atoms with Gasteiger partial charge in [0.25, 0.3) is 0 Å². The van der Waals surface area contributed by atoms with Crippen LogP contribution in [0.2, 0.25) is 0 Å². The summed E-state index contributed by atoms with van der Waals surface area (Å²) in [5.74, 6) is 0.750. The number of amides is 2. The maximum absolute atomic E-state index is 13.0. The molecule has 0 bridgehead atoms. The third kappa shape index (κ3) is 6.35. The van der Waals surface area contributed by atoms with Crippen LogP contribution in [0.5, 0.6) is 5.75 Å². The highest BCUT2D eigenvalue weighted by Crippen LogP contribution is 2.33. The molecule has 2 atom stereocenters. The minimum atomic E-state index is -0.569. The van der Waals surface area contributed by atoms with Gasteiger partial charge < -0.3 is 24.0 Å². The summed E-state index contributed by atoms with van der Waals surface area (Å²) in [5.41, 5.74) is 0.316. The summed E-state index contributed by atoms with van der Waals surface area (Å²) in [6, 6.07) is 7.33. The lowest BCUT2D eigenvalue weighted by atomic mass is 10.00. The summed E-state index contributed by atoms with van der Waals surface area (Å²) in [7, 11) is 3.26. The molecule has 162 valence electrons. The van der Waals surface area contributed by atoms with Crippen molar-refractivity contribution in [3.05, 3.63) is 29.8 Å². The van der Waals surface area contributed by atoms with Gasteiger partial charge in [0.05, 0.1) is 19.3 Å². The third-order valence-corrected chi connectivity index (χ3v) is 5.02. The van der Waals surface area contributed by atoms with E-state index in [1.807, 2.05) is 56.9 Å². The lowest BCUT2D eigenvalue weighted by molar-refractivity contribution is -0.137. The molecule has 1 aromatic rings. The van der Waals surface area contributed by atoms with Gasteiger partial charge in [0.1, 0.15) is 11.4 Å². The summed E-state index contributed by atoms with van der Waals surface area (Å²) in [5, 5.41) is 0. The molecule has 7 nitrogen and oxygen atoms in total. The SMILES string of the molecule is COc1ccccc1C1CN(C(=O)OC(C)(C)C)CCN1C(=O)CCC(C)OC. The highest BCUT2D eigenvalue weighted by Gasteiger charge is 2.36. The van der Waals surface area contributed by atoms with E-state index < -0.39 is 5.60 Å². The molecule has 0 spiro atoms. The van der Waals surface area contributed by atoms with Crippen molar-refractivity contribution in [2.24, 2.45) is 0 Å². The van der Waals surface area contributed by atoms with Crippen molar-refractivity contribution in [3.8, 4) is 5.75 Å². The van der Waals surface area contributed by atoms with Crippen LogP contribution in [0.1, 0.15) is 52.1 Å². The van der Waals surface area contributed by atoms with Crippen molar-refractivity contribution >= 4 is 12.0 Å².